The highest BCUT2D eigenvalue weighted by Crippen LogP contribution is 2.35. The van der Waals surface area contributed by atoms with Gasteiger partial charge in [0.15, 0.2) is 11.5 Å². The zero-order chi connectivity index (χ0) is 22.9. The number of alkyl halides is 3. The molecule has 0 bridgehead atoms. The number of aromatic nitrogens is 2. The molecule has 0 saturated heterocycles. The Hall–Kier alpha value is -2.94. The highest BCUT2D eigenvalue weighted by molar-refractivity contribution is 6.31. The van der Waals surface area contributed by atoms with E-state index >= 15 is 0 Å². The molecule has 31 heavy (non-hydrogen) atoms. The lowest BCUT2D eigenvalue weighted by molar-refractivity contribution is -0.140. The van der Waals surface area contributed by atoms with Crippen molar-refractivity contribution in [2.24, 2.45) is 0 Å². The van der Waals surface area contributed by atoms with Crippen molar-refractivity contribution in [3.05, 3.63) is 63.3 Å². The molecule has 166 valence electrons. The first kappa shape index (κ1) is 22.7. The molecule has 0 fully saturated rings. The molecule has 0 unspecified atom stereocenters. The Morgan fingerprint density at radius 1 is 1.29 bits per heavy atom. The Morgan fingerprint density at radius 3 is 2.65 bits per heavy atom. The molecule has 2 heterocycles. The second kappa shape index (κ2) is 8.66. The van der Waals surface area contributed by atoms with Crippen LogP contribution in [-0.4, -0.2) is 16.1 Å². The van der Waals surface area contributed by atoms with Crippen LogP contribution >= 0.6 is 11.6 Å². The molecule has 0 aliphatic rings. The van der Waals surface area contributed by atoms with E-state index in [1.165, 1.54) is 19.1 Å². The molecular weight excluding hydrogens is 435 g/mol. The van der Waals surface area contributed by atoms with Crippen LogP contribution in [0.4, 0.5) is 18.9 Å². The number of benzene rings is 1. The number of furan rings is 1. The van der Waals surface area contributed by atoms with Gasteiger partial charge in [-0.2, -0.15) is 18.3 Å². The quantitative estimate of drug-likeness (QED) is 0.460. The van der Waals surface area contributed by atoms with Gasteiger partial charge in [0.1, 0.15) is 18.1 Å². The number of carbonyl (C=O) groups excluding carboxylic acids is 1. The van der Waals surface area contributed by atoms with Crippen molar-refractivity contribution in [2.75, 3.05) is 5.32 Å². The van der Waals surface area contributed by atoms with E-state index in [1.54, 1.807) is 0 Å². The maximum absolute atomic E-state index is 13.0. The highest BCUT2D eigenvalue weighted by Gasteiger charge is 2.38. The molecule has 1 aromatic carbocycles. The largest absolute Gasteiger partial charge is 0.485 e. The second-order valence-electron chi connectivity index (χ2n) is 7.37. The summed E-state index contributed by atoms with van der Waals surface area (Å²) in [6.45, 7) is 7.29. The molecule has 0 spiro atoms. The minimum atomic E-state index is -4.71. The number of hydrogen-bond acceptors (Lipinski definition) is 4. The summed E-state index contributed by atoms with van der Waals surface area (Å²) in [4.78, 5) is 12.4. The van der Waals surface area contributed by atoms with Crippen LogP contribution in [-0.2, 0) is 12.8 Å². The van der Waals surface area contributed by atoms with Crippen molar-refractivity contribution in [2.45, 2.75) is 46.4 Å². The van der Waals surface area contributed by atoms with E-state index in [1.807, 2.05) is 32.9 Å². The molecule has 0 saturated carbocycles. The molecular formula is C21H21ClF3N3O3. The molecule has 0 aliphatic carbocycles. The first-order valence-corrected chi connectivity index (χ1v) is 9.80. The molecule has 10 heteroatoms. The normalized spacial score (nSPS) is 11.8. The minimum absolute atomic E-state index is 0.0343. The fourth-order valence-electron chi connectivity index (χ4n) is 2.94. The SMILES string of the molecule is Cc1cc(OCc2ccc(C(=O)Nc3c(C(F)(F)F)n[nH]c3C)o2)c(C(C)C)cc1Cl. The van der Waals surface area contributed by atoms with Crippen LogP contribution in [0.5, 0.6) is 5.75 Å². The van der Waals surface area contributed by atoms with E-state index < -0.39 is 23.5 Å². The number of amides is 1. The van der Waals surface area contributed by atoms with Gasteiger partial charge >= 0.3 is 6.18 Å². The number of hydrogen-bond donors (Lipinski definition) is 2. The first-order chi connectivity index (χ1) is 14.5. The zero-order valence-corrected chi connectivity index (χ0v) is 18.0. The summed E-state index contributed by atoms with van der Waals surface area (Å²) in [6, 6.07) is 6.57. The Kier molecular flexibility index (Phi) is 6.35. The van der Waals surface area contributed by atoms with Gasteiger partial charge in [0, 0.05) is 5.02 Å². The minimum Gasteiger partial charge on any atom is -0.485 e. The summed E-state index contributed by atoms with van der Waals surface area (Å²) in [6.07, 6.45) is -4.71. The lowest BCUT2D eigenvalue weighted by Gasteiger charge is -2.15. The average Bonchev–Trinajstić information content (AvgIpc) is 3.29. The van der Waals surface area contributed by atoms with Gasteiger partial charge in [0.05, 0.1) is 11.4 Å². The molecule has 0 atom stereocenters. The van der Waals surface area contributed by atoms with Gasteiger partial charge in [-0.3, -0.25) is 9.89 Å². The number of nitrogens with one attached hydrogen (secondary N) is 2. The third kappa shape index (κ3) is 5.04. The van der Waals surface area contributed by atoms with Crippen LogP contribution < -0.4 is 10.1 Å². The van der Waals surface area contributed by atoms with Gasteiger partial charge in [-0.05, 0) is 55.2 Å². The maximum atomic E-state index is 13.0. The first-order valence-electron chi connectivity index (χ1n) is 9.42. The zero-order valence-electron chi connectivity index (χ0n) is 17.3. The lowest BCUT2D eigenvalue weighted by Crippen LogP contribution is -2.16. The highest BCUT2D eigenvalue weighted by atomic mass is 35.5. The van der Waals surface area contributed by atoms with Crippen LogP contribution in [0.2, 0.25) is 5.02 Å². The molecule has 3 rings (SSSR count). The molecule has 6 nitrogen and oxygen atoms in total. The predicted octanol–water partition coefficient (Wildman–Crippen LogP) is 6.25. The molecule has 0 radical (unpaired) electrons. The average molecular weight is 456 g/mol. The molecule has 1 amide bonds. The number of carbonyl (C=O) groups is 1. The fourth-order valence-corrected chi connectivity index (χ4v) is 3.11. The summed E-state index contributed by atoms with van der Waals surface area (Å²) < 4.78 is 50.4. The number of H-pyrrole nitrogens is 1. The third-order valence-corrected chi connectivity index (χ3v) is 5.03. The van der Waals surface area contributed by atoms with Crippen LogP contribution in [0.15, 0.2) is 28.7 Å². The lowest BCUT2D eigenvalue weighted by atomic mass is 10.0. The van der Waals surface area contributed by atoms with E-state index in [9.17, 15) is 18.0 Å². The number of nitrogens with zero attached hydrogens (tertiary/aromatic N) is 1. The Bertz CT molecular complexity index is 1100. The number of aryl methyl sites for hydroxylation is 2. The van der Waals surface area contributed by atoms with Gasteiger partial charge in [-0.1, -0.05) is 25.4 Å². The number of halogens is 4. The molecule has 0 aliphatic heterocycles. The van der Waals surface area contributed by atoms with E-state index in [-0.39, 0.29) is 24.0 Å². The van der Waals surface area contributed by atoms with Crippen molar-refractivity contribution < 1.29 is 27.1 Å². The van der Waals surface area contributed by atoms with Crippen molar-refractivity contribution in [1.29, 1.82) is 0 Å². The Balaban J connectivity index is 1.73. The van der Waals surface area contributed by atoms with Crippen molar-refractivity contribution in [3.63, 3.8) is 0 Å². The van der Waals surface area contributed by atoms with E-state index in [2.05, 4.69) is 15.5 Å². The Labute approximate surface area is 181 Å². The second-order valence-corrected chi connectivity index (χ2v) is 7.78. The maximum Gasteiger partial charge on any atom is 0.437 e. The topological polar surface area (TPSA) is 80.1 Å². The predicted molar refractivity (Wildman–Crippen MR) is 110 cm³/mol. The summed E-state index contributed by atoms with van der Waals surface area (Å²) in [5.41, 5.74) is 0.222. The fraction of sp³-hybridized carbons (Fsp3) is 0.333. The van der Waals surface area contributed by atoms with Gasteiger partial charge in [-0.25, -0.2) is 0 Å². The summed E-state index contributed by atoms with van der Waals surface area (Å²) >= 11 is 6.20. The van der Waals surface area contributed by atoms with Crippen LogP contribution in [0.3, 0.4) is 0 Å². The third-order valence-electron chi connectivity index (χ3n) is 4.62. The molecule has 2 aromatic heterocycles. The van der Waals surface area contributed by atoms with E-state index in [0.717, 1.165) is 11.1 Å². The molecule has 3 aromatic rings. The standard InChI is InChI=1S/C21H21ClF3N3O3/c1-10(2)14-8-15(22)11(3)7-17(14)30-9-13-5-6-16(31-13)20(29)26-18-12(4)27-28-19(18)21(23,24)25/h5-8,10H,9H2,1-4H3,(H,26,29)(H,27,28). The van der Waals surface area contributed by atoms with Crippen LogP contribution in [0.25, 0.3) is 0 Å². The van der Waals surface area contributed by atoms with Gasteiger partial charge < -0.3 is 14.5 Å². The number of ether oxygens (including phenoxy) is 1. The van der Waals surface area contributed by atoms with E-state index in [4.69, 9.17) is 20.8 Å². The van der Waals surface area contributed by atoms with Gasteiger partial charge in [0.25, 0.3) is 5.91 Å². The summed E-state index contributed by atoms with van der Waals surface area (Å²) in [7, 11) is 0. The number of rotatable bonds is 6. The summed E-state index contributed by atoms with van der Waals surface area (Å²) in [5, 5.41) is 8.28. The number of aromatic amines is 1. The monoisotopic (exact) mass is 455 g/mol. The van der Waals surface area contributed by atoms with Gasteiger partial charge in [-0.15, -0.1) is 0 Å². The van der Waals surface area contributed by atoms with Crippen LogP contribution in [0.1, 0.15) is 58.6 Å². The van der Waals surface area contributed by atoms with Gasteiger partial charge in [0.2, 0.25) is 0 Å². The molecule has 2 N–H and O–H groups in total. The smallest absolute Gasteiger partial charge is 0.437 e. The van der Waals surface area contributed by atoms with Crippen molar-refractivity contribution >= 4 is 23.2 Å². The van der Waals surface area contributed by atoms with Crippen molar-refractivity contribution in [3.8, 4) is 5.75 Å². The van der Waals surface area contributed by atoms with Crippen molar-refractivity contribution in [1.82, 2.24) is 10.2 Å². The Morgan fingerprint density at radius 2 is 2.00 bits per heavy atom. The van der Waals surface area contributed by atoms with Crippen LogP contribution in [0, 0.1) is 13.8 Å². The summed E-state index contributed by atoms with van der Waals surface area (Å²) in [5.74, 6) is 0.179. The van der Waals surface area contributed by atoms with E-state index in [0.29, 0.717) is 16.5 Å². The number of anilines is 1.